The lowest BCUT2D eigenvalue weighted by Gasteiger charge is -2.05. The largest absolute Gasteiger partial charge is 0.497 e. The summed E-state index contributed by atoms with van der Waals surface area (Å²) >= 11 is 0. The van der Waals surface area contributed by atoms with Crippen LogP contribution in [0.3, 0.4) is 0 Å². The maximum Gasteiger partial charge on any atom is 0.178 e. The SMILES string of the molecule is COc1ccc(S(=O)(=O)CCc2cc[nH+]cc2)cc1. The molecule has 0 saturated heterocycles. The highest BCUT2D eigenvalue weighted by Crippen LogP contribution is 2.17. The van der Waals surface area contributed by atoms with Gasteiger partial charge in [0.2, 0.25) is 0 Å². The summed E-state index contributed by atoms with van der Waals surface area (Å²) in [7, 11) is -1.70. The topological polar surface area (TPSA) is 57.5 Å². The van der Waals surface area contributed by atoms with E-state index in [4.69, 9.17) is 4.74 Å². The molecule has 0 aliphatic heterocycles. The van der Waals surface area contributed by atoms with Crippen LogP contribution in [0.15, 0.2) is 53.7 Å². The van der Waals surface area contributed by atoms with E-state index in [1.54, 1.807) is 43.8 Å². The van der Waals surface area contributed by atoms with Crippen molar-refractivity contribution in [1.29, 1.82) is 0 Å². The summed E-state index contributed by atoms with van der Waals surface area (Å²) in [6.45, 7) is 0. The van der Waals surface area contributed by atoms with Crippen molar-refractivity contribution >= 4 is 9.84 Å². The highest BCUT2D eigenvalue weighted by molar-refractivity contribution is 7.91. The van der Waals surface area contributed by atoms with Crippen molar-refractivity contribution in [2.24, 2.45) is 0 Å². The van der Waals surface area contributed by atoms with Crippen LogP contribution in [0, 0.1) is 0 Å². The van der Waals surface area contributed by atoms with E-state index >= 15 is 0 Å². The Bertz CT molecular complexity index is 622. The standard InChI is InChI=1S/C14H15NO3S/c1-18-13-2-4-14(5-3-13)19(16,17)11-8-12-6-9-15-10-7-12/h2-7,9-10H,8,11H2,1H3/p+1. The molecule has 0 fully saturated rings. The Labute approximate surface area is 113 Å². The van der Waals surface area contributed by atoms with Crippen LogP contribution >= 0.6 is 0 Å². The Morgan fingerprint density at radius 2 is 1.68 bits per heavy atom. The predicted octanol–water partition coefficient (Wildman–Crippen LogP) is 1.53. The lowest BCUT2D eigenvalue weighted by atomic mass is 10.2. The molecule has 1 aromatic carbocycles. The van der Waals surface area contributed by atoms with E-state index < -0.39 is 9.84 Å². The fourth-order valence-corrected chi connectivity index (χ4v) is 3.03. The molecule has 1 heterocycles. The van der Waals surface area contributed by atoms with Gasteiger partial charge in [0.05, 0.1) is 17.8 Å². The second-order valence-corrected chi connectivity index (χ2v) is 6.26. The highest BCUT2D eigenvalue weighted by atomic mass is 32.2. The van der Waals surface area contributed by atoms with Crippen molar-refractivity contribution < 1.29 is 18.1 Å². The van der Waals surface area contributed by atoms with Crippen LogP contribution in [0.1, 0.15) is 5.56 Å². The van der Waals surface area contributed by atoms with Gasteiger partial charge >= 0.3 is 0 Å². The monoisotopic (exact) mass is 278 g/mol. The van der Waals surface area contributed by atoms with E-state index in [2.05, 4.69) is 4.98 Å². The Morgan fingerprint density at radius 1 is 1.05 bits per heavy atom. The molecule has 19 heavy (non-hydrogen) atoms. The third-order valence-electron chi connectivity index (χ3n) is 2.87. The van der Waals surface area contributed by atoms with Crippen LogP contribution in [0.4, 0.5) is 0 Å². The molecule has 0 amide bonds. The Morgan fingerprint density at radius 3 is 2.26 bits per heavy atom. The van der Waals surface area contributed by atoms with Crippen LogP contribution in [0.5, 0.6) is 5.75 Å². The second kappa shape index (κ2) is 5.84. The molecule has 2 aromatic rings. The van der Waals surface area contributed by atoms with Crippen molar-refractivity contribution in [2.45, 2.75) is 11.3 Å². The Balaban J connectivity index is 2.09. The zero-order valence-corrected chi connectivity index (χ0v) is 11.5. The zero-order valence-electron chi connectivity index (χ0n) is 10.7. The number of aromatic nitrogens is 1. The lowest BCUT2D eigenvalue weighted by Crippen LogP contribution is -2.10. The number of hydrogen-bond donors (Lipinski definition) is 0. The predicted molar refractivity (Wildman–Crippen MR) is 71.7 cm³/mol. The fraction of sp³-hybridized carbons (Fsp3) is 0.214. The molecule has 0 saturated carbocycles. The summed E-state index contributed by atoms with van der Waals surface area (Å²) in [5.41, 5.74) is 0.996. The van der Waals surface area contributed by atoms with E-state index in [-0.39, 0.29) is 5.75 Å². The molecule has 0 aliphatic carbocycles. The Hall–Kier alpha value is -1.88. The molecule has 1 N–H and O–H groups in total. The number of aromatic amines is 1. The summed E-state index contributed by atoms with van der Waals surface area (Å²) in [5, 5.41) is 0. The average molecular weight is 278 g/mol. The molecule has 0 spiro atoms. The van der Waals surface area contributed by atoms with Crippen molar-refractivity contribution in [1.82, 2.24) is 0 Å². The molecule has 0 aliphatic rings. The second-order valence-electron chi connectivity index (χ2n) is 4.15. The molecule has 0 bridgehead atoms. The van der Waals surface area contributed by atoms with Crippen molar-refractivity contribution in [3.63, 3.8) is 0 Å². The molecule has 0 atom stereocenters. The molecule has 0 unspecified atom stereocenters. The molecule has 2 rings (SSSR count). The first-order valence-corrected chi connectivity index (χ1v) is 7.59. The van der Waals surface area contributed by atoms with Gasteiger partial charge in [-0.2, -0.15) is 0 Å². The molecule has 0 radical (unpaired) electrons. The summed E-state index contributed by atoms with van der Waals surface area (Å²) in [6, 6.07) is 10.2. The van der Waals surface area contributed by atoms with E-state index in [1.807, 2.05) is 12.1 Å². The van der Waals surface area contributed by atoms with Crippen LogP contribution in [0.2, 0.25) is 0 Å². The number of ether oxygens (including phenoxy) is 1. The maximum absolute atomic E-state index is 12.2. The van der Waals surface area contributed by atoms with Gasteiger partial charge in [0.1, 0.15) is 5.75 Å². The number of sulfone groups is 1. The summed E-state index contributed by atoms with van der Waals surface area (Å²) in [4.78, 5) is 3.24. The Kier molecular flexibility index (Phi) is 4.16. The summed E-state index contributed by atoms with van der Waals surface area (Å²) < 4.78 is 29.3. The number of H-pyrrole nitrogens is 1. The smallest absolute Gasteiger partial charge is 0.178 e. The minimum atomic E-state index is -3.25. The van der Waals surface area contributed by atoms with Crippen LogP contribution in [-0.2, 0) is 16.3 Å². The number of methoxy groups -OCH3 is 1. The summed E-state index contributed by atoms with van der Waals surface area (Å²) in [5.74, 6) is 0.751. The lowest BCUT2D eigenvalue weighted by molar-refractivity contribution is -0.378. The van der Waals surface area contributed by atoms with E-state index in [1.165, 1.54) is 0 Å². The van der Waals surface area contributed by atoms with E-state index in [0.717, 1.165) is 5.56 Å². The number of pyridine rings is 1. The van der Waals surface area contributed by atoms with E-state index in [9.17, 15) is 8.42 Å². The van der Waals surface area contributed by atoms with Gasteiger partial charge < -0.3 is 4.74 Å². The molecule has 5 heteroatoms. The minimum absolute atomic E-state index is 0.101. The first-order valence-electron chi connectivity index (χ1n) is 5.93. The van der Waals surface area contributed by atoms with Gasteiger partial charge in [0.25, 0.3) is 0 Å². The van der Waals surface area contributed by atoms with Gasteiger partial charge in [0.15, 0.2) is 22.2 Å². The highest BCUT2D eigenvalue weighted by Gasteiger charge is 2.14. The first-order chi connectivity index (χ1) is 9.12. The van der Waals surface area contributed by atoms with Gasteiger partial charge in [-0.15, -0.1) is 0 Å². The van der Waals surface area contributed by atoms with Gasteiger partial charge in [0, 0.05) is 12.1 Å². The number of benzene rings is 1. The van der Waals surface area contributed by atoms with Crippen molar-refractivity contribution in [3.05, 3.63) is 54.4 Å². The number of rotatable bonds is 5. The van der Waals surface area contributed by atoms with Crippen LogP contribution in [-0.4, -0.2) is 21.3 Å². The first kappa shape index (κ1) is 13.5. The number of aryl methyl sites for hydroxylation is 1. The summed E-state index contributed by atoms with van der Waals surface area (Å²) in [6.07, 6.45) is 4.08. The van der Waals surface area contributed by atoms with Crippen LogP contribution in [0.25, 0.3) is 0 Å². The van der Waals surface area contributed by atoms with Crippen molar-refractivity contribution in [2.75, 3.05) is 12.9 Å². The quantitative estimate of drug-likeness (QED) is 0.833. The normalized spacial score (nSPS) is 11.2. The maximum atomic E-state index is 12.2. The van der Waals surface area contributed by atoms with Crippen LogP contribution < -0.4 is 9.72 Å². The third kappa shape index (κ3) is 3.54. The zero-order chi connectivity index (χ0) is 13.7. The molecule has 100 valence electrons. The van der Waals surface area contributed by atoms with Gasteiger partial charge in [-0.1, -0.05) is 0 Å². The minimum Gasteiger partial charge on any atom is -0.497 e. The molecule has 4 nitrogen and oxygen atoms in total. The average Bonchev–Trinajstić information content (AvgIpc) is 2.46. The molecular weight excluding hydrogens is 262 g/mol. The fourth-order valence-electron chi connectivity index (χ4n) is 1.74. The third-order valence-corrected chi connectivity index (χ3v) is 4.60. The van der Waals surface area contributed by atoms with E-state index in [0.29, 0.717) is 17.1 Å². The molecule has 1 aromatic heterocycles. The molecular formula is C14H16NO3S+. The van der Waals surface area contributed by atoms with Gasteiger partial charge in [-0.25, -0.2) is 13.4 Å². The van der Waals surface area contributed by atoms with Gasteiger partial charge in [-0.05, 0) is 36.2 Å². The number of hydrogen-bond acceptors (Lipinski definition) is 3. The van der Waals surface area contributed by atoms with Gasteiger partial charge in [-0.3, -0.25) is 0 Å². The number of nitrogens with one attached hydrogen (secondary N) is 1. The van der Waals surface area contributed by atoms with Crippen molar-refractivity contribution in [3.8, 4) is 5.75 Å².